The second-order valence-electron chi connectivity index (χ2n) is 3.52. The number of thioether (sulfide) groups is 1. The number of hydrogen-bond donors (Lipinski definition) is 1. The third-order valence-electron chi connectivity index (χ3n) is 2.61. The van der Waals surface area contributed by atoms with Gasteiger partial charge in [-0.1, -0.05) is 19.3 Å². The molecule has 1 fully saturated rings. The highest BCUT2D eigenvalue weighted by Crippen LogP contribution is 2.26. The SMILES string of the molecule is CSCC(N)C1CCCCC1. The van der Waals surface area contributed by atoms with Crippen LogP contribution < -0.4 is 5.73 Å². The number of rotatable bonds is 3. The molecule has 1 unspecified atom stereocenters. The molecule has 2 heteroatoms. The molecular formula is C9H19NS. The van der Waals surface area contributed by atoms with E-state index in [1.54, 1.807) is 0 Å². The van der Waals surface area contributed by atoms with E-state index in [0.29, 0.717) is 6.04 Å². The molecule has 1 atom stereocenters. The van der Waals surface area contributed by atoms with Crippen LogP contribution in [0.3, 0.4) is 0 Å². The third kappa shape index (κ3) is 3.04. The van der Waals surface area contributed by atoms with E-state index < -0.39 is 0 Å². The molecule has 0 aromatic rings. The van der Waals surface area contributed by atoms with E-state index in [1.165, 1.54) is 32.1 Å². The summed E-state index contributed by atoms with van der Waals surface area (Å²) in [5, 5.41) is 0. The van der Waals surface area contributed by atoms with E-state index in [9.17, 15) is 0 Å². The van der Waals surface area contributed by atoms with E-state index in [2.05, 4.69) is 6.26 Å². The highest BCUT2D eigenvalue weighted by atomic mass is 32.2. The van der Waals surface area contributed by atoms with Gasteiger partial charge < -0.3 is 5.73 Å². The Kier molecular flexibility index (Phi) is 4.31. The first-order valence-corrected chi connectivity index (χ1v) is 5.98. The third-order valence-corrected chi connectivity index (χ3v) is 3.33. The maximum Gasteiger partial charge on any atom is 0.0158 e. The van der Waals surface area contributed by atoms with Gasteiger partial charge in [0.2, 0.25) is 0 Å². The van der Waals surface area contributed by atoms with Gasteiger partial charge in [-0.2, -0.15) is 11.8 Å². The number of nitrogens with two attached hydrogens (primary N) is 1. The predicted molar refractivity (Wildman–Crippen MR) is 52.9 cm³/mol. The molecule has 1 aliphatic rings. The van der Waals surface area contributed by atoms with Gasteiger partial charge in [0.1, 0.15) is 0 Å². The van der Waals surface area contributed by atoms with Crippen molar-refractivity contribution >= 4 is 11.8 Å². The Bertz CT molecular complexity index is 99.7. The summed E-state index contributed by atoms with van der Waals surface area (Å²) in [4.78, 5) is 0. The van der Waals surface area contributed by atoms with Gasteiger partial charge in [-0.15, -0.1) is 0 Å². The summed E-state index contributed by atoms with van der Waals surface area (Å²) in [5.74, 6) is 1.97. The minimum absolute atomic E-state index is 0.463. The smallest absolute Gasteiger partial charge is 0.0158 e. The molecule has 1 rings (SSSR count). The van der Waals surface area contributed by atoms with Crippen molar-refractivity contribution in [3.63, 3.8) is 0 Å². The lowest BCUT2D eigenvalue weighted by Crippen LogP contribution is -2.33. The van der Waals surface area contributed by atoms with Crippen LogP contribution in [0.25, 0.3) is 0 Å². The summed E-state index contributed by atoms with van der Waals surface area (Å²) in [6.07, 6.45) is 9.15. The largest absolute Gasteiger partial charge is 0.327 e. The Labute approximate surface area is 74.1 Å². The van der Waals surface area contributed by atoms with Crippen molar-refractivity contribution < 1.29 is 0 Å². The van der Waals surface area contributed by atoms with Crippen molar-refractivity contribution in [2.75, 3.05) is 12.0 Å². The lowest BCUT2D eigenvalue weighted by molar-refractivity contribution is 0.319. The van der Waals surface area contributed by atoms with Crippen LogP contribution in [0.4, 0.5) is 0 Å². The van der Waals surface area contributed by atoms with E-state index in [4.69, 9.17) is 5.73 Å². The second-order valence-corrected chi connectivity index (χ2v) is 4.43. The van der Waals surface area contributed by atoms with Crippen LogP contribution in [-0.2, 0) is 0 Å². The molecule has 0 saturated heterocycles. The fraction of sp³-hybridized carbons (Fsp3) is 1.00. The van der Waals surface area contributed by atoms with Crippen LogP contribution in [-0.4, -0.2) is 18.1 Å². The summed E-state index contributed by atoms with van der Waals surface area (Å²) in [7, 11) is 0. The highest BCUT2D eigenvalue weighted by molar-refractivity contribution is 7.98. The minimum Gasteiger partial charge on any atom is -0.327 e. The maximum absolute atomic E-state index is 6.04. The van der Waals surface area contributed by atoms with E-state index >= 15 is 0 Å². The van der Waals surface area contributed by atoms with Gasteiger partial charge >= 0.3 is 0 Å². The molecule has 0 aromatic heterocycles. The average Bonchev–Trinajstić information content (AvgIpc) is 2.07. The Balaban J connectivity index is 2.21. The van der Waals surface area contributed by atoms with Gasteiger partial charge in [0.05, 0.1) is 0 Å². The quantitative estimate of drug-likeness (QED) is 0.708. The minimum atomic E-state index is 0.463. The normalized spacial score (nSPS) is 23.5. The summed E-state index contributed by atoms with van der Waals surface area (Å²) in [5.41, 5.74) is 6.04. The lowest BCUT2D eigenvalue weighted by Gasteiger charge is -2.26. The topological polar surface area (TPSA) is 26.0 Å². The van der Waals surface area contributed by atoms with Gasteiger partial charge in [-0.25, -0.2) is 0 Å². The molecule has 0 aromatic carbocycles. The van der Waals surface area contributed by atoms with Crippen LogP contribution >= 0.6 is 11.8 Å². The molecule has 2 N–H and O–H groups in total. The van der Waals surface area contributed by atoms with Crippen molar-refractivity contribution in [2.45, 2.75) is 38.1 Å². The number of hydrogen-bond acceptors (Lipinski definition) is 2. The first-order chi connectivity index (χ1) is 5.34. The van der Waals surface area contributed by atoms with Crippen molar-refractivity contribution in [3.8, 4) is 0 Å². The van der Waals surface area contributed by atoms with Crippen molar-refractivity contribution in [1.29, 1.82) is 0 Å². The first kappa shape index (κ1) is 9.40. The Morgan fingerprint density at radius 1 is 1.36 bits per heavy atom. The zero-order chi connectivity index (χ0) is 8.10. The summed E-state index contributed by atoms with van der Waals surface area (Å²) in [6, 6.07) is 0.463. The highest BCUT2D eigenvalue weighted by Gasteiger charge is 2.19. The Hall–Kier alpha value is 0.310. The van der Waals surface area contributed by atoms with Crippen LogP contribution in [0.2, 0.25) is 0 Å². The molecule has 0 bridgehead atoms. The molecular weight excluding hydrogens is 154 g/mol. The Morgan fingerprint density at radius 2 is 2.00 bits per heavy atom. The molecule has 66 valence electrons. The van der Waals surface area contributed by atoms with Gasteiger partial charge in [0.25, 0.3) is 0 Å². The predicted octanol–water partition coefficient (Wildman–Crippen LogP) is 2.26. The van der Waals surface area contributed by atoms with Crippen molar-refractivity contribution in [2.24, 2.45) is 11.7 Å². The standard InChI is InChI=1S/C9H19NS/c1-11-7-9(10)8-5-3-2-4-6-8/h8-9H,2-7,10H2,1H3. The molecule has 0 radical (unpaired) electrons. The summed E-state index contributed by atoms with van der Waals surface area (Å²) < 4.78 is 0. The molecule has 11 heavy (non-hydrogen) atoms. The second kappa shape index (κ2) is 5.04. The van der Waals surface area contributed by atoms with Crippen molar-refractivity contribution in [1.82, 2.24) is 0 Å². The molecule has 1 nitrogen and oxygen atoms in total. The fourth-order valence-electron chi connectivity index (χ4n) is 1.89. The van der Waals surface area contributed by atoms with Gasteiger partial charge in [-0.3, -0.25) is 0 Å². The molecule has 1 saturated carbocycles. The van der Waals surface area contributed by atoms with Gasteiger partial charge in [-0.05, 0) is 25.0 Å². The molecule has 0 heterocycles. The lowest BCUT2D eigenvalue weighted by atomic mass is 9.85. The molecule has 0 amide bonds. The summed E-state index contributed by atoms with van der Waals surface area (Å²) >= 11 is 1.88. The maximum atomic E-state index is 6.04. The van der Waals surface area contributed by atoms with Crippen LogP contribution in [0.1, 0.15) is 32.1 Å². The average molecular weight is 173 g/mol. The molecule has 1 aliphatic carbocycles. The zero-order valence-electron chi connectivity index (χ0n) is 7.38. The fourth-order valence-corrected chi connectivity index (χ4v) is 2.55. The van der Waals surface area contributed by atoms with E-state index in [1.807, 2.05) is 11.8 Å². The van der Waals surface area contributed by atoms with Crippen LogP contribution in [0.15, 0.2) is 0 Å². The van der Waals surface area contributed by atoms with E-state index in [0.717, 1.165) is 11.7 Å². The Morgan fingerprint density at radius 3 is 2.55 bits per heavy atom. The zero-order valence-corrected chi connectivity index (χ0v) is 8.20. The first-order valence-electron chi connectivity index (χ1n) is 4.59. The monoisotopic (exact) mass is 173 g/mol. The summed E-state index contributed by atoms with van der Waals surface area (Å²) in [6.45, 7) is 0. The van der Waals surface area contributed by atoms with Crippen LogP contribution in [0.5, 0.6) is 0 Å². The van der Waals surface area contributed by atoms with E-state index in [-0.39, 0.29) is 0 Å². The molecule has 0 spiro atoms. The van der Waals surface area contributed by atoms with Crippen LogP contribution in [0, 0.1) is 5.92 Å². The van der Waals surface area contributed by atoms with Gasteiger partial charge in [0.15, 0.2) is 0 Å². The molecule has 0 aliphatic heterocycles. The van der Waals surface area contributed by atoms with Gasteiger partial charge in [0, 0.05) is 11.8 Å². The van der Waals surface area contributed by atoms with Crippen molar-refractivity contribution in [3.05, 3.63) is 0 Å².